The van der Waals surface area contributed by atoms with Gasteiger partial charge < -0.3 is 19.7 Å². The highest BCUT2D eigenvalue weighted by Gasteiger charge is 2.29. The van der Waals surface area contributed by atoms with Crippen molar-refractivity contribution < 1.29 is 34.1 Å². The fraction of sp³-hybridized carbons (Fsp3) is 0.500. The number of phenols is 1. The Morgan fingerprint density at radius 3 is 2.38 bits per heavy atom. The van der Waals surface area contributed by atoms with Crippen LogP contribution in [0.15, 0.2) is 12.1 Å². The molecule has 0 aliphatic rings. The molecule has 0 saturated carbocycles. The molecule has 0 aromatic heterocycles. The van der Waals surface area contributed by atoms with Crippen LogP contribution in [0.4, 0.5) is 4.79 Å². The van der Waals surface area contributed by atoms with Gasteiger partial charge >= 0.3 is 18.0 Å². The Morgan fingerprint density at radius 1 is 1.24 bits per heavy atom. The number of hydrogen-bond donors (Lipinski definition) is 3. The van der Waals surface area contributed by atoms with E-state index in [1.54, 1.807) is 39.8 Å². The Hall–Kier alpha value is -1.35. The van der Waals surface area contributed by atoms with Gasteiger partial charge in [-0.25, -0.2) is 15.2 Å². The minimum atomic E-state index is -1.28. The lowest BCUT2D eigenvalue weighted by atomic mass is 10.0. The number of esters is 1. The van der Waals surface area contributed by atoms with Crippen molar-refractivity contribution in [3.05, 3.63) is 24.8 Å². The molecule has 11 heteroatoms. The standard InChI is InChI=1S/C18H24I2N2O7/c1-5-28-15(25)8-13(11-6-10(19)7-12(20)16(11)26)21-22(9-14(23)24)17(27)29-18(2,3)4/h6-7,13,21,26H,5,8-9H2,1-4H3,(H,23,24)/t13-/m0/s1. The van der Waals surface area contributed by atoms with E-state index in [9.17, 15) is 24.6 Å². The van der Waals surface area contributed by atoms with Gasteiger partial charge in [-0.15, -0.1) is 0 Å². The number of carbonyl (C=O) groups is 3. The minimum Gasteiger partial charge on any atom is -0.506 e. The average Bonchev–Trinajstić information content (AvgIpc) is 2.55. The maximum absolute atomic E-state index is 12.5. The van der Waals surface area contributed by atoms with E-state index in [-0.39, 0.29) is 18.8 Å². The summed E-state index contributed by atoms with van der Waals surface area (Å²) in [5, 5.41) is 20.5. The lowest BCUT2D eigenvalue weighted by Gasteiger charge is -2.30. The van der Waals surface area contributed by atoms with E-state index < -0.39 is 36.2 Å². The molecule has 0 aliphatic carbocycles. The first kappa shape index (κ1) is 25.7. The Bertz CT molecular complexity index is 765. The number of aliphatic carboxylic acids is 1. The summed E-state index contributed by atoms with van der Waals surface area (Å²) >= 11 is 4.00. The van der Waals surface area contributed by atoms with Gasteiger partial charge in [0.1, 0.15) is 17.9 Å². The Labute approximate surface area is 196 Å². The number of carboxylic acid groups (broad SMARTS) is 1. The van der Waals surface area contributed by atoms with Crippen LogP contribution in [0.25, 0.3) is 0 Å². The summed E-state index contributed by atoms with van der Waals surface area (Å²) in [6.45, 7) is 6.04. The van der Waals surface area contributed by atoms with E-state index in [1.807, 2.05) is 22.6 Å². The quantitative estimate of drug-likeness (QED) is 0.226. The Balaban J connectivity index is 3.30. The molecule has 0 spiro atoms. The van der Waals surface area contributed by atoms with Crippen LogP contribution < -0.4 is 5.43 Å². The van der Waals surface area contributed by atoms with Crippen LogP contribution >= 0.6 is 45.2 Å². The highest BCUT2D eigenvalue weighted by Crippen LogP contribution is 2.33. The molecule has 0 aliphatic heterocycles. The zero-order chi connectivity index (χ0) is 22.4. The minimum absolute atomic E-state index is 0.0766. The summed E-state index contributed by atoms with van der Waals surface area (Å²) in [5.41, 5.74) is 2.19. The maximum Gasteiger partial charge on any atom is 0.425 e. The van der Waals surface area contributed by atoms with Crippen LogP contribution in [-0.4, -0.2) is 52.0 Å². The van der Waals surface area contributed by atoms with Crippen molar-refractivity contribution >= 4 is 63.2 Å². The van der Waals surface area contributed by atoms with E-state index in [2.05, 4.69) is 28.0 Å². The third-order valence-corrected chi connectivity index (χ3v) is 4.77. The van der Waals surface area contributed by atoms with Crippen molar-refractivity contribution in [3.8, 4) is 5.75 Å². The summed E-state index contributed by atoms with van der Waals surface area (Å²) < 4.78 is 11.6. The number of aromatic hydroxyl groups is 1. The third kappa shape index (κ3) is 8.90. The number of amides is 1. The molecule has 0 bridgehead atoms. The number of nitrogens with one attached hydrogen (secondary N) is 1. The predicted octanol–water partition coefficient (Wildman–Crippen LogP) is 3.42. The number of nitrogens with zero attached hydrogens (tertiary/aromatic N) is 1. The highest BCUT2D eigenvalue weighted by molar-refractivity contribution is 14.1. The van der Waals surface area contributed by atoms with Crippen molar-refractivity contribution in [2.24, 2.45) is 0 Å². The monoisotopic (exact) mass is 634 g/mol. The third-order valence-electron chi connectivity index (χ3n) is 3.33. The number of halogens is 2. The molecule has 0 radical (unpaired) electrons. The first-order valence-electron chi connectivity index (χ1n) is 8.66. The predicted molar refractivity (Wildman–Crippen MR) is 121 cm³/mol. The van der Waals surface area contributed by atoms with Crippen molar-refractivity contribution in [3.63, 3.8) is 0 Å². The van der Waals surface area contributed by atoms with Crippen molar-refractivity contribution in [1.82, 2.24) is 10.4 Å². The van der Waals surface area contributed by atoms with Crippen LogP contribution in [0, 0.1) is 7.14 Å². The SMILES string of the molecule is CCOC(=O)C[C@H](NN(CC(=O)O)C(=O)OC(C)(C)C)c1cc(I)cc(I)c1O. The molecule has 1 atom stereocenters. The molecule has 3 N–H and O–H groups in total. The molecule has 0 heterocycles. The van der Waals surface area contributed by atoms with Crippen molar-refractivity contribution in [1.29, 1.82) is 0 Å². The second-order valence-corrected chi connectivity index (χ2v) is 9.38. The number of carboxylic acids is 1. The van der Waals surface area contributed by atoms with E-state index in [4.69, 9.17) is 9.47 Å². The summed E-state index contributed by atoms with van der Waals surface area (Å²) in [6, 6.07) is 2.46. The molecule has 1 rings (SSSR count). The summed E-state index contributed by atoms with van der Waals surface area (Å²) in [5.74, 6) is -1.93. The van der Waals surface area contributed by atoms with Gasteiger partial charge in [0.2, 0.25) is 0 Å². The summed E-state index contributed by atoms with van der Waals surface area (Å²) in [4.78, 5) is 35.9. The highest BCUT2D eigenvalue weighted by atomic mass is 127. The van der Waals surface area contributed by atoms with Crippen LogP contribution in [0.2, 0.25) is 0 Å². The number of carbonyl (C=O) groups excluding carboxylic acids is 2. The van der Waals surface area contributed by atoms with Gasteiger partial charge in [-0.3, -0.25) is 9.59 Å². The number of hydrazine groups is 1. The molecule has 1 aromatic rings. The molecule has 0 saturated heterocycles. The number of rotatable bonds is 8. The first-order valence-corrected chi connectivity index (χ1v) is 10.8. The van der Waals surface area contributed by atoms with Gasteiger partial charge in [0.25, 0.3) is 0 Å². The molecular formula is C18H24I2N2O7. The number of ether oxygens (including phenoxy) is 2. The zero-order valence-electron chi connectivity index (χ0n) is 16.5. The normalized spacial score (nSPS) is 12.2. The fourth-order valence-electron chi connectivity index (χ4n) is 2.27. The van der Waals surface area contributed by atoms with E-state index in [0.717, 1.165) is 8.58 Å². The van der Waals surface area contributed by atoms with Gasteiger partial charge in [-0.2, -0.15) is 0 Å². The molecular weight excluding hydrogens is 610 g/mol. The van der Waals surface area contributed by atoms with Gasteiger partial charge in [0.15, 0.2) is 0 Å². The maximum atomic E-state index is 12.5. The molecule has 0 fully saturated rings. The number of benzene rings is 1. The molecule has 1 amide bonds. The molecule has 162 valence electrons. The number of hydrogen-bond acceptors (Lipinski definition) is 7. The second kappa shape index (κ2) is 11.2. The van der Waals surface area contributed by atoms with Crippen LogP contribution in [0.1, 0.15) is 45.7 Å². The largest absolute Gasteiger partial charge is 0.506 e. The molecule has 1 aromatic carbocycles. The molecule has 29 heavy (non-hydrogen) atoms. The molecule has 9 nitrogen and oxygen atoms in total. The van der Waals surface area contributed by atoms with Crippen LogP contribution in [0.5, 0.6) is 5.75 Å². The second-order valence-electron chi connectivity index (χ2n) is 6.98. The smallest absolute Gasteiger partial charge is 0.425 e. The van der Waals surface area contributed by atoms with E-state index >= 15 is 0 Å². The van der Waals surface area contributed by atoms with Crippen molar-refractivity contribution in [2.75, 3.05) is 13.2 Å². The Morgan fingerprint density at radius 2 is 1.86 bits per heavy atom. The van der Waals surface area contributed by atoms with Crippen LogP contribution in [0.3, 0.4) is 0 Å². The van der Waals surface area contributed by atoms with Gasteiger partial charge in [-0.05, 0) is 85.0 Å². The van der Waals surface area contributed by atoms with Crippen molar-refractivity contribution in [2.45, 2.75) is 45.8 Å². The summed E-state index contributed by atoms with van der Waals surface area (Å²) in [7, 11) is 0. The number of phenolic OH excluding ortho intramolecular Hbond substituents is 1. The topological polar surface area (TPSA) is 125 Å². The fourth-order valence-corrected chi connectivity index (χ4v) is 4.16. The van der Waals surface area contributed by atoms with Gasteiger partial charge in [-0.1, -0.05) is 0 Å². The lowest BCUT2D eigenvalue weighted by molar-refractivity contribution is -0.144. The molecule has 0 unspecified atom stereocenters. The van der Waals surface area contributed by atoms with E-state index in [0.29, 0.717) is 9.13 Å². The van der Waals surface area contributed by atoms with Gasteiger partial charge in [0.05, 0.1) is 22.6 Å². The van der Waals surface area contributed by atoms with E-state index in [1.165, 1.54) is 0 Å². The Kier molecular flexibility index (Phi) is 9.88. The lowest BCUT2D eigenvalue weighted by Crippen LogP contribution is -2.49. The zero-order valence-corrected chi connectivity index (χ0v) is 20.8. The van der Waals surface area contributed by atoms with Gasteiger partial charge in [0, 0.05) is 9.13 Å². The summed E-state index contributed by atoms with van der Waals surface area (Å²) in [6.07, 6.45) is -1.16. The van der Waals surface area contributed by atoms with Crippen LogP contribution in [-0.2, 0) is 19.1 Å². The first-order chi connectivity index (χ1) is 13.3. The average molecular weight is 634 g/mol.